The van der Waals surface area contributed by atoms with Gasteiger partial charge >= 0.3 is 0 Å². The molecule has 0 unspecified atom stereocenters. The smallest absolute Gasteiger partial charge is 0.156 e. The molecular weight excluding hydrogens is 227 g/mol. The first-order valence-corrected chi connectivity index (χ1v) is 6.29. The first-order chi connectivity index (χ1) is 8.28. The van der Waals surface area contributed by atoms with Gasteiger partial charge in [-0.15, -0.1) is 0 Å². The highest BCUT2D eigenvalue weighted by atomic mass is 19.1. The number of benzene rings is 1. The summed E-state index contributed by atoms with van der Waals surface area (Å²) in [7, 11) is 0. The molecular formula is C16H19FO. The fraction of sp³-hybridized carbons (Fsp3) is 0.438. The summed E-state index contributed by atoms with van der Waals surface area (Å²) in [6.07, 6.45) is 2.91. The molecule has 18 heavy (non-hydrogen) atoms. The second-order valence-electron chi connectivity index (χ2n) is 6.09. The first-order valence-electron chi connectivity index (χ1n) is 6.29. The first kappa shape index (κ1) is 13.0. The van der Waals surface area contributed by atoms with Crippen LogP contribution in [0.2, 0.25) is 0 Å². The third-order valence-electron chi connectivity index (χ3n) is 3.41. The molecule has 0 saturated carbocycles. The maximum atomic E-state index is 14.1. The summed E-state index contributed by atoms with van der Waals surface area (Å²) in [6.45, 7) is 7.89. The lowest BCUT2D eigenvalue weighted by Gasteiger charge is -2.29. The number of carbonyl (C=O) groups excluding carboxylic acids is 1. The van der Waals surface area contributed by atoms with E-state index in [4.69, 9.17) is 0 Å². The summed E-state index contributed by atoms with van der Waals surface area (Å²) in [6, 6.07) is 3.50. The van der Waals surface area contributed by atoms with Gasteiger partial charge < -0.3 is 0 Å². The maximum absolute atomic E-state index is 14.1. The molecule has 1 aliphatic carbocycles. The third kappa shape index (κ3) is 2.53. The Balaban J connectivity index is 2.53. The summed E-state index contributed by atoms with van der Waals surface area (Å²) in [5.74, 6) is -0.120. The van der Waals surface area contributed by atoms with Crippen LogP contribution in [-0.2, 0) is 4.79 Å². The van der Waals surface area contributed by atoms with E-state index in [1.54, 1.807) is 6.08 Å². The van der Waals surface area contributed by atoms with Gasteiger partial charge in [0.25, 0.3) is 0 Å². The molecule has 0 aliphatic heterocycles. The minimum absolute atomic E-state index is 0.0784. The van der Waals surface area contributed by atoms with Crippen LogP contribution in [0.25, 0.3) is 5.57 Å². The van der Waals surface area contributed by atoms with Crippen molar-refractivity contribution in [2.45, 2.75) is 40.5 Å². The lowest BCUT2D eigenvalue weighted by atomic mass is 9.74. The van der Waals surface area contributed by atoms with Crippen molar-refractivity contribution in [3.8, 4) is 0 Å². The van der Waals surface area contributed by atoms with E-state index in [0.717, 1.165) is 23.1 Å². The average molecular weight is 246 g/mol. The van der Waals surface area contributed by atoms with Crippen molar-refractivity contribution < 1.29 is 9.18 Å². The lowest BCUT2D eigenvalue weighted by molar-refractivity contribution is -0.116. The van der Waals surface area contributed by atoms with E-state index in [-0.39, 0.29) is 17.0 Å². The van der Waals surface area contributed by atoms with Crippen LogP contribution in [0.4, 0.5) is 4.39 Å². The third-order valence-corrected chi connectivity index (χ3v) is 3.41. The van der Waals surface area contributed by atoms with Crippen LogP contribution >= 0.6 is 0 Å². The summed E-state index contributed by atoms with van der Waals surface area (Å²) in [5.41, 5.74) is 3.19. The molecule has 0 spiro atoms. The fourth-order valence-corrected chi connectivity index (χ4v) is 2.83. The molecule has 1 aromatic carbocycles. The van der Waals surface area contributed by atoms with Crippen molar-refractivity contribution in [2.75, 3.05) is 0 Å². The molecule has 0 atom stereocenters. The molecule has 1 nitrogen and oxygen atoms in total. The van der Waals surface area contributed by atoms with E-state index in [1.807, 2.05) is 19.9 Å². The van der Waals surface area contributed by atoms with Gasteiger partial charge in [-0.1, -0.05) is 19.9 Å². The summed E-state index contributed by atoms with van der Waals surface area (Å²) in [5, 5.41) is 0. The molecule has 1 aliphatic rings. The highest BCUT2D eigenvalue weighted by molar-refractivity contribution is 5.99. The van der Waals surface area contributed by atoms with Gasteiger partial charge in [0.05, 0.1) is 0 Å². The molecule has 2 heteroatoms. The van der Waals surface area contributed by atoms with Crippen molar-refractivity contribution in [1.82, 2.24) is 0 Å². The number of carbonyl (C=O) groups is 1. The highest BCUT2D eigenvalue weighted by Crippen LogP contribution is 2.39. The van der Waals surface area contributed by atoms with Crippen LogP contribution in [0.15, 0.2) is 18.2 Å². The Kier molecular flexibility index (Phi) is 3.14. The van der Waals surface area contributed by atoms with Gasteiger partial charge in [0, 0.05) is 12.0 Å². The van der Waals surface area contributed by atoms with E-state index in [9.17, 15) is 9.18 Å². The van der Waals surface area contributed by atoms with Gasteiger partial charge in [-0.25, -0.2) is 4.39 Å². The maximum Gasteiger partial charge on any atom is 0.156 e. The Hall–Kier alpha value is -1.44. The minimum atomic E-state index is -0.218. The van der Waals surface area contributed by atoms with E-state index in [1.165, 1.54) is 6.07 Å². The predicted molar refractivity (Wildman–Crippen MR) is 71.9 cm³/mol. The van der Waals surface area contributed by atoms with Gasteiger partial charge in [0.15, 0.2) is 5.78 Å². The topological polar surface area (TPSA) is 17.1 Å². The number of hydrogen-bond donors (Lipinski definition) is 0. The molecule has 2 rings (SSSR count). The quantitative estimate of drug-likeness (QED) is 0.725. The number of halogens is 1. The zero-order valence-corrected chi connectivity index (χ0v) is 11.4. The molecule has 0 amide bonds. The normalized spacial score (nSPS) is 18.7. The molecule has 0 heterocycles. The van der Waals surface area contributed by atoms with E-state index in [0.29, 0.717) is 12.0 Å². The molecule has 96 valence electrons. The lowest BCUT2D eigenvalue weighted by Crippen LogP contribution is -2.21. The van der Waals surface area contributed by atoms with Gasteiger partial charge in [0.1, 0.15) is 5.82 Å². The Bertz CT molecular complexity index is 515. The Labute approximate surface area is 108 Å². The number of hydrogen-bond acceptors (Lipinski definition) is 1. The molecule has 1 aromatic rings. The second kappa shape index (κ2) is 4.34. The van der Waals surface area contributed by atoms with Crippen LogP contribution in [-0.4, -0.2) is 5.78 Å². The summed E-state index contributed by atoms with van der Waals surface area (Å²) >= 11 is 0. The molecule has 0 bridgehead atoms. The van der Waals surface area contributed by atoms with Crippen LogP contribution in [0.5, 0.6) is 0 Å². The largest absolute Gasteiger partial charge is 0.295 e. The SMILES string of the molecule is Cc1cc(C)c(C2=CC(=O)CC(C)(C)C2)c(F)c1. The van der Waals surface area contributed by atoms with Crippen molar-refractivity contribution >= 4 is 11.4 Å². The monoisotopic (exact) mass is 246 g/mol. The molecule has 0 radical (unpaired) electrons. The number of rotatable bonds is 1. The van der Waals surface area contributed by atoms with E-state index < -0.39 is 0 Å². The van der Waals surface area contributed by atoms with Gasteiger partial charge in [-0.05, 0) is 54.5 Å². The minimum Gasteiger partial charge on any atom is -0.295 e. The zero-order valence-electron chi connectivity index (χ0n) is 11.4. The Morgan fingerprint density at radius 3 is 2.39 bits per heavy atom. The Morgan fingerprint density at radius 2 is 1.83 bits per heavy atom. The standard InChI is InChI=1S/C16H19FO/c1-10-5-11(2)15(14(17)6-10)12-7-13(18)9-16(3,4)8-12/h5-7H,8-9H2,1-4H3. The second-order valence-corrected chi connectivity index (χ2v) is 6.09. The average Bonchev–Trinajstić information content (AvgIpc) is 2.11. The van der Waals surface area contributed by atoms with Crippen molar-refractivity contribution in [2.24, 2.45) is 5.41 Å². The summed E-state index contributed by atoms with van der Waals surface area (Å²) < 4.78 is 14.1. The van der Waals surface area contributed by atoms with Crippen LogP contribution in [0.3, 0.4) is 0 Å². The molecule has 0 N–H and O–H groups in total. The fourth-order valence-electron chi connectivity index (χ4n) is 2.83. The van der Waals surface area contributed by atoms with E-state index in [2.05, 4.69) is 13.8 Å². The van der Waals surface area contributed by atoms with Crippen molar-refractivity contribution in [3.63, 3.8) is 0 Å². The van der Waals surface area contributed by atoms with Crippen LogP contribution in [0.1, 0.15) is 43.4 Å². The van der Waals surface area contributed by atoms with Crippen LogP contribution < -0.4 is 0 Å². The Morgan fingerprint density at radius 1 is 1.17 bits per heavy atom. The van der Waals surface area contributed by atoms with Gasteiger partial charge in [0.2, 0.25) is 0 Å². The van der Waals surface area contributed by atoms with Gasteiger partial charge in [-0.2, -0.15) is 0 Å². The number of aryl methyl sites for hydroxylation is 2. The molecule has 0 saturated heterocycles. The highest BCUT2D eigenvalue weighted by Gasteiger charge is 2.29. The van der Waals surface area contributed by atoms with E-state index >= 15 is 0 Å². The van der Waals surface area contributed by atoms with Crippen molar-refractivity contribution in [1.29, 1.82) is 0 Å². The molecule has 0 fully saturated rings. The number of ketones is 1. The van der Waals surface area contributed by atoms with Crippen LogP contribution in [0, 0.1) is 25.1 Å². The zero-order chi connectivity index (χ0) is 13.5. The molecule has 0 aromatic heterocycles. The van der Waals surface area contributed by atoms with Gasteiger partial charge in [-0.3, -0.25) is 4.79 Å². The predicted octanol–water partition coefficient (Wildman–Crippen LogP) is 4.22. The van der Waals surface area contributed by atoms with Crippen molar-refractivity contribution in [3.05, 3.63) is 40.7 Å². The number of allylic oxidation sites excluding steroid dienone is 2. The summed E-state index contributed by atoms with van der Waals surface area (Å²) in [4.78, 5) is 11.8.